The van der Waals surface area contributed by atoms with E-state index in [1.165, 1.54) is 0 Å². The maximum absolute atomic E-state index is 9.61. The van der Waals surface area contributed by atoms with Crippen LogP contribution in [0.4, 0.5) is 0 Å². The first-order chi connectivity index (χ1) is 8.70. The molecule has 0 saturated carbocycles. The predicted octanol–water partition coefficient (Wildman–Crippen LogP) is 0.968. The molecule has 18 heavy (non-hydrogen) atoms. The van der Waals surface area contributed by atoms with Crippen LogP contribution in [0, 0.1) is 0 Å². The molecule has 1 aromatic rings. The number of rotatable bonds is 3. The van der Waals surface area contributed by atoms with E-state index >= 15 is 0 Å². The van der Waals surface area contributed by atoms with Crippen molar-refractivity contribution in [3.63, 3.8) is 0 Å². The van der Waals surface area contributed by atoms with Crippen molar-refractivity contribution in [3.8, 4) is 0 Å². The van der Waals surface area contributed by atoms with E-state index in [0.29, 0.717) is 6.04 Å². The van der Waals surface area contributed by atoms with Crippen molar-refractivity contribution in [2.45, 2.75) is 32.0 Å². The van der Waals surface area contributed by atoms with E-state index in [4.69, 9.17) is 0 Å². The maximum atomic E-state index is 9.61. The topological polar surface area (TPSA) is 39.6 Å². The van der Waals surface area contributed by atoms with E-state index in [2.05, 4.69) is 34.8 Å². The smallest absolute Gasteiger partial charge is 0.0599 e. The Balaban J connectivity index is 2.11. The molecule has 0 bridgehead atoms. The van der Waals surface area contributed by atoms with E-state index in [9.17, 15) is 5.11 Å². The summed E-state index contributed by atoms with van der Waals surface area (Å²) < 4.78 is 0. The van der Waals surface area contributed by atoms with Crippen molar-refractivity contribution in [1.29, 1.82) is 0 Å². The van der Waals surface area contributed by atoms with Crippen LogP contribution in [0.2, 0.25) is 0 Å². The minimum absolute atomic E-state index is 0.203. The number of aromatic nitrogens is 1. The lowest BCUT2D eigenvalue weighted by molar-refractivity contribution is 0.0817. The summed E-state index contributed by atoms with van der Waals surface area (Å²) in [5.74, 6) is 0. The van der Waals surface area contributed by atoms with Crippen molar-refractivity contribution in [3.05, 3.63) is 30.1 Å². The SMILES string of the molecule is CC1CCN(C)CC(CO)N1Cc1ccccn1. The summed E-state index contributed by atoms with van der Waals surface area (Å²) in [7, 11) is 2.12. The minimum atomic E-state index is 0.203. The molecule has 0 aliphatic carbocycles. The Labute approximate surface area is 109 Å². The predicted molar refractivity (Wildman–Crippen MR) is 72.2 cm³/mol. The third kappa shape index (κ3) is 3.28. The number of nitrogens with zero attached hydrogens (tertiary/aromatic N) is 3. The van der Waals surface area contributed by atoms with Crippen LogP contribution in [0.1, 0.15) is 19.0 Å². The molecule has 100 valence electrons. The third-order valence-corrected chi connectivity index (χ3v) is 3.77. The fourth-order valence-electron chi connectivity index (χ4n) is 2.62. The molecule has 0 spiro atoms. The van der Waals surface area contributed by atoms with Crippen molar-refractivity contribution >= 4 is 0 Å². The van der Waals surface area contributed by atoms with Gasteiger partial charge < -0.3 is 10.0 Å². The largest absolute Gasteiger partial charge is 0.395 e. The third-order valence-electron chi connectivity index (χ3n) is 3.77. The number of aliphatic hydroxyl groups excluding tert-OH is 1. The highest BCUT2D eigenvalue weighted by atomic mass is 16.3. The second kappa shape index (κ2) is 6.27. The number of pyridine rings is 1. The van der Waals surface area contributed by atoms with Gasteiger partial charge in [0.25, 0.3) is 0 Å². The second-order valence-electron chi connectivity index (χ2n) is 5.23. The van der Waals surface area contributed by atoms with Gasteiger partial charge in [0.2, 0.25) is 0 Å². The zero-order valence-electron chi connectivity index (χ0n) is 11.3. The molecule has 0 radical (unpaired) electrons. The minimum Gasteiger partial charge on any atom is -0.395 e. The Kier molecular flexibility index (Phi) is 4.69. The average molecular weight is 249 g/mol. The van der Waals surface area contributed by atoms with Gasteiger partial charge in [-0.2, -0.15) is 0 Å². The molecule has 1 aliphatic heterocycles. The Morgan fingerprint density at radius 1 is 1.44 bits per heavy atom. The van der Waals surface area contributed by atoms with Crippen LogP contribution < -0.4 is 0 Å². The van der Waals surface area contributed by atoms with Gasteiger partial charge >= 0.3 is 0 Å². The van der Waals surface area contributed by atoms with E-state index < -0.39 is 0 Å². The van der Waals surface area contributed by atoms with Crippen LogP contribution in [-0.2, 0) is 6.54 Å². The summed E-state index contributed by atoms with van der Waals surface area (Å²) in [5.41, 5.74) is 1.08. The van der Waals surface area contributed by atoms with Crippen LogP contribution >= 0.6 is 0 Å². The summed E-state index contributed by atoms with van der Waals surface area (Å²) in [6.45, 7) is 5.29. The zero-order chi connectivity index (χ0) is 13.0. The maximum Gasteiger partial charge on any atom is 0.0599 e. The van der Waals surface area contributed by atoms with Crippen LogP contribution in [0.15, 0.2) is 24.4 Å². The average Bonchev–Trinajstić information content (AvgIpc) is 2.53. The summed E-state index contributed by atoms with van der Waals surface area (Å²) >= 11 is 0. The molecule has 1 N–H and O–H groups in total. The fourth-order valence-corrected chi connectivity index (χ4v) is 2.62. The first-order valence-electron chi connectivity index (χ1n) is 6.65. The molecule has 0 amide bonds. The second-order valence-corrected chi connectivity index (χ2v) is 5.23. The number of likely N-dealkylation sites (N-methyl/N-ethyl adjacent to an activating group) is 1. The fraction of sp³-hybridized carbons (Fsp3) is 0.643. The monoisotopic (exact) mass is 249 g/mol. The van der Waals surface area contributed by atoms with Crippen molar-refractivity contribution in [2.75, 3.05) is 26.7 Å². The lowest BCUT2D eigenvalue weighted by Crippen LogP contribution is -2.45. The summed E-state index contributed by atoms with van der Waals surface area (Å²) in [6.07, 6.45) is 2.97. The van der Waals surface area contributed by atoms with Crippen molar-refractivity contribution in [1.82, 2.24) is 14.8 Å². The lowest BCUT2D eigenvalue weighted by atomic mass is 10.1. The molecule has 0 aromatic carbocycles. The molecular formula is C14H23N3O. The van der Waals surface area contributed by atoms with Crippen LogP contribution in [-0.4, -0.2) is 58.7 Å². The molecule has 2 rings (SSSR count). The van der Waals surface area contributed by atoms with Gasteiger partial charge in [0, 0.05) is 31.4 Å². The van der Waals surface area contributed by atoms with Crippen molar-refractivity contribution < 1.29 is 5.11 Å². The standard InChI is InChI=1S/C14H23N3O/c1-12-6-8-16(2)10-14(11-18)17(12)9-13-5-3-4-7-15-13/h3-5,7,12,14,18H,6,8-11H2,1-2H3. The Morgan fingerprint density at radius 2 is 2.28 bits per heavy atom. The van der Waals surface area contributed by atoms with Crippen LogP contribution in [0.5, 0.6) is 0 Å². The summed E-state index contributed by atoms with van der Waals surface area (Å²) in [6, 6.07) is 6.69. The van der Waals surface area contributed by atoms with Gasteiger partial charge in [-0.25, -0.2) is 0 Å². The molecule has 1 aromatic heterocycles. The number of hydrogen-bond donors (Lipinski definition) is 1. The molecule has 2 atom stereocenters. The molecule has 1 aliphatic rings. The van der Waals surface area contributed by atoms with Gasteiger partial charge in [-0.1, -0.05) is 6.07 Å². The zero-order valence-corrected chi connectivity index (χ0v) is 11.3. The van der Waals surface area contributed by atoms with Crippen molar-refractivity contribution in [2.24, 2.45) is 0 Å². The highest BCUT2D eigenvalue weighted by molar-refractivity contribution is 5.04. The lowest BCUT2D eigenvalue weighted by Gasteiger charge is -2.33. The van der Waals surface area contributed by atoms with Gasteiger partial charge in [0.05, 0.1) is 12.3 Å². The molecule has 1 fully saturated rings. The summed E-state index contributed by atoms with van der Waals surface area (Å²) in [4.78, 5) is 9.07. The molecule has 4 heteroatoms. The Bertz CT molecular complexity index is 357. The highest BCUT2D eigenvalue weighted by Gasteiger charge is 2.27. The van der Waals surface area contributed by atoms with Crippen LogP contribution in [0.25, 0.3) is 0 Å². The van der Waals surface area contributed by atoms with E-state index in [1.807, 2.05) is 18.3 Å². The quantitative estimate of drug-likeness (QED) is 0.866. The van der Waals surface area contributed by atoms with E-state index in [1.54, 1.807) is 0 Å². The van der Waals surface area contributed by atoms with E-state index in [0.717, 1.165) is 31.7 Å². The van der Waals surface area contributed by atoms with Gasteiger partial charge in [-0.15, -0.1) is 0 Å². The molecular weight excluding hydrogens is 226 g/mol. The van der Waals surface area contributed by atoms with E-state index in [-0.39, 0.29) is 12.6 Å². The summed E-state index contributed by atoms with van der Waals surface area (Å²) in [5, 5.41) is 9.61. The Morgan fingerprint density at radius 3 is 2.94 bits per heavy atom. The van der Waals surface area contributed by atoms with Gasteiger partial charge in [-0.3, -0.25) is 9.88 Å². The highest BCUT2D eigenvalue weighted by Crippen LogP contribution is 2.17. The normalized spacial score (nSPS) is 27.1. The van der Waals surface area contributed by atoms with Gasteiger partial charge in [0.15, 0.2) is 0 Å². The molecule has 4 nitrogen and oxygen atoms in total. The first-order valence-corrected chi connectivity index (χ1v) is 6.65. The molecule has 2 unspecified atom stereocenters. The van der Waals surface area contributed by atoms with Gasteiger partial charge in [0.1, 0.15) is 0 Å². The Hall–Kier alpha value is -0.970. The molecule has 1 saturated heterocycles. The molecule has 2 heterocycles. The van der Waals surface area contributed by atoms with Gasteiger partial charge in [-0.05, 0) is 39.1 Å². The number of aliphatic hydroxyl groups is 1. The van der Waals surface area contributed by atoms with Crippen LogP contribution in [0.3, 0.4) is 0 Å². The first kappa shape index (κ1) is 13.5. The number of hydrogen-bond acceptors (Lipinski definition) is 4.